The van der Waals surface area contributed by atoms with E-state index in [-0.39, 0.29) is 89.2 Å². The van der Waals surface area contributed by atoms with Gasteiger partial charge in [0.2, 0.25) is 0 Å². The predicted octanol–water partition coefficient (Wildman–Crippen LogP) is 13.8. The molecule has 3 aromatic heterocycles. The Morgan fingerprint density at radius 3 is 1.63 bits per heavy atom. The molecule has 8 nitrogen and oxygen atoms in total. The number of allylic oxidation sites excluding steroid dienone is 4. The summed E-state index contributed by atoms with van der Waals surface area (Å²) in [4.78, 5) is 33.8. The summed E-state index contributed by atoms with van der Waals surface area (Å²) in [6.45, 7) is 9.90. The maximum Gasteiger partial charge on any atom is 0.155 e. The molecule has 0 amide bonds. The van der Waals surface area contributed by atoms with Crippen molar-refractivity contribution in [3.8, 4) is 39.8 Å². The summed E-state index contributed by atoms with van der Waals surface area (Å²) in [5, 5.41) is 28.8. The molecular formula is C58H48FIr3N4O4-3. The van der Waals surface area contributed by atoms with E-state index >= 15 is 0 Å². The van der Waals surface area contributed by atoms with Gasteiger partial charge in [-0.05, 0) is 98.4 Å². The Hall–Kier alpha value is -6.66. The standard InChI is InChI=1S/C16H8FN2.2C16H12N.2C5H8O2.3Ir/c17-14-3-1-2-12(9-14)16-7-5-13-8-11(10-18)4-6-15(13)19-16;1-12-5-4-7-14(11-12)16-10-9-13-6-2-3-8-15(13)17-16;1-12-11-16(13-7-3-2-4-8-13)17-15-10-6-5-9-14(12)15;2*1-4(6)3-5(2)7;;;/h1,3-9H;2-6,8-11H,1H3;2-7,9-11H,1H3;2*3,6H,1-2H3;;;/q3*-1;;;;;. The van der Waals surface area contributed by atoms with Gasteiger partial charge in [-0.15, -0.1) is 101 Å². The zero-order valence-corrected chi connectivity index (χ0v) is 46.2. The molecule has 0 atom stereocenters. The van der Waals surface area contributed by atoms with Gasteiger partial charge in [-0.25, -0.2) is 4.39 Å². The van der Waals surface area contributed by atoms with E-state index in [9.17, 15) is 14.0 Å². The molecule has 0 aliphatic carbocycles. The zero-order valence-electron chi connectivity index (χ0n) is 39.0. The molecule has 0 spiro atoms. The molecule has 0 aliphatic heterocycles. The van der Waals surface area contributed by atoms with Crippen molar-refractivity contribution in [1.29, 1.82) is 5.26 Å². The molecule has 70 heavy (non-hydrogen) atoms. The Kier molecular flexibility index (Phi) is 25.5. The van der Waals surface area contributed by atoms with Gasteiger partial charge in [0.05, 0.1) is 39.7 Å². The van der Waals surface area contributed by atoms with Crippen molar-refractivity contribution in [2.75, 3.05) is 0 Å². The first kappa shape index (κ1) is 59.5. The molecule has 6 aromatic carbocycles. The Balaban J connectivity index is 0.000000312. The third-order valence-corrected chi connectivity index (χ3v) is 9.42. The molecule has 0 aliphatic rings. The van der Waals surface area contributed by atoms with Crippen LogP contribution in [0.4, 0.5) is 4.39 Å². The van der Waals surface area contributed by atoms with Crippen molar-refractivity contribution in [2.45, 2.75) is 41.5 Å². The topological polar surface area (TPSA) is 137 Å². The van der Waals surface area contributed by atoms with E-state index in [2.05, 4.69) is 89.5 Å². The van der Waals surface area contributed by atoms with Crippen molar-refractivity contribution < 1.29 is 84.5 Å². The molecule has 0 saturated heterocycles. The molecule has 9 rings (SSSR count). The smallest absolute Gasteiger partial charge is 0.155 e. The van der Waals surface area contributed by atoms with Crippen LogP contribution in [0, 0.1) is 49.2 Å². The van der Waals surface area contributed by atoms with E-state index < -0.39 is 0 Å². The molecule has 3 heterocycles. The van der Waals surface area contributed by atoms with E-state index in [1.807, 2.05) is 78.9 Å². The number of fused-ring (bicyclic) bond motifs is 3. The van der Waals surface area contributed by atoms with E-state index in [4.69, 9.17) is 15.5 Å². The van der Waals surface area contributed by atoms with Crippen LogP contribution in [-0.2, 0) is 69.9 Å². The van der Waals surface area contributed by atoms with E-state index in [1.165, 1.54) is 79.9 Å². The van der Waals surface area contributed by atoms with Crippen LogP contribution >= 0.6 is 0 Å². The molecular weight excluding hydrogens is 1410 g/mol. The zero-order chi connectivity index (χ0) is 48.3. The number of benzene rings is 6. The second-order valence-corrected chi connectivity index (χ2v) is 15.2. The summed E-state index contributed by atoms with van der Waals surface area (Å²) in [5.41, 5.74) is 11.3. The van der Waals surface area contributed by atoms with Crippen molar-refractivity contribution in [1.82, 2.24) is 15.0 Å². The van der Waals surface area contributed by atoms with Gasteiger partial charge in [-0.1, -0.05) is 73.7 Å². The van der Waals surface area contributed by atoms with Crippen LogP contribution in [0.15, 0.2) is 181 Å². The van der Waals surface area contributed by atoms with E-state index in [0.717, 1.165) is 44.5 Å². The Morgan fingerprint density at radius 2 is 1.07 bits per heavy atom. The van der Waals surface area contributed by atoms with Gasteiger partial charge < -0.3 is 10.2 Å². The number of aromatic nitrogens is 3. The number of hydrogen-bond donors (Lipinski definition) is 2. The summed E-state index contributed by atoms with van der Waals surface area (Å²) < 4.78 is 13.2. The van der Waals surface area contributed by atoms with Crippen LogP contribution in [0.2, 0.25) is 0 Å². The number of carbonyl (C=O) groups is 2. The Labute approximate surface area is 449 Å². The number of halogens is 1. The van der Waals surface area contributed by atoms with Gasteiger partial charge in [-0.3, -0.25) is 24.5 Å². The van der Waals surface area contributed by atoms with Crippen LogP contribution in [-0.4, -0.2) is 36.7 Å². The second-order valence-electron chi connectivity index (χ2n) is 15.2. The first-order valence-corrected chi connectivity index (χ1v) is 21.1. The largest absolute Gasteiger partial charge is 0.512 e. The number of aliphatic hydroxyl groups excluding tert-OH is 2. The molecule has 12 heteroatoms. The molecule has 2 N–H and O–H groups in total. The van der Waals surface area contributed by atoms with Crippen molar-refractivity contribution >= 4 is 44.3 Å². The van der Waals surface area contributed by atoms with Crippen LogP contribution < -0.4 is 0 Å². The number of nitriles is 1. The normalized spacial score (nSPS) is 10.3. The van der Waals surface area contributed by atoms with Gasteiger partial charge in [0.25, 0.3) is 0 Å². The van der Waals surface area contributed by atoms with Crippen LogP contribution in [0.25, 0.3) is 66.5 Å². The third kappa shape index (κ3) is 19.0. The fourth-order valence-corrected chi connectivity index (χ4v) is 6.50. The quantitative estimate of drug-likeness (QED) is 0.0987. The van der Waals surface area contributed by atoms with Crippen LogP contribution in [0.1, 0.15) is 44.4 Å². The Morgan fingerprint density at radius 1 is 0.543 bits per heavy atom. The van der Waals surface area contributed by atoms with Crippen molar-refractivity contribution in [3.05, 3.63) is 222 Å². The van der Waals surface area contributed by atoms with Gasteiger partial charge in [0, 0.05) is 83.7 Å². The number of aliphatic hydroxyl groups is 2. The number of ketones is 2. The number of hydrogen-bond acceptors (Lipinski definition) is 8. The SMILES string of the molecule is CC(=O)C=C(C)O.CC(=O)C=C(C)O.Cc1cc(-c2[c-]cccc2)nc2ccccc12.Cc1cc[c-]c(-c2ccc3ccccc3n2)c1.N#Cc1ccc2nc(-c3[c-]ccc(F)c3)ccc2c1.[Ir].[Ir].[Ir]. The maximum absolute atomic E-state index is 13.2. The molecule has 9 aromatic rings. The van der Waals surface area contributed by atoms with E-state index in [0.29, 0.717) is 16.8 Å². The summed E-state index contributed by atoms with van der Waals surface area (Å²) in [6.07, 6.45) is 2.33. The van der Waals surface area contributed by atoms with Crippen molar-refractivity contribution in [2.24, 2.45) is 0 Å². The monoisotopic (exact) mass is 1460 g/mol. The molecule has 0 bridgehead atoms. The minimum atomic E-state index is -0.310. The summed E-state index contributed by atoms with van der Waals surface area (Å²) in [6, 6.07) is 61.4. The molecule has 0 fully saturated rings. The van der Waals surface area contributed by atoms with Gasteiger partial charge in [0.1, 0.15) is 0 Å². The average Bonchev–Trinajstić information content (AvgIpc) is 3.31. The minimum Gasteiger partial charge on any atom is -0.512 e. The molecule has 0 saturated carbocycles. The number of carbonyl (C=O) groups excluding carboxylic acids is 2. The number of aryl methyl sites for hydroxylation is 2. The second kappa shape index (κ2) is 30.1. The number of para-hydroxylation sites is 2. The predicted molar refractivity (Wildman–Crippen MR) is 266 cm³/mol. The van der Waals surface area contributed by atoms with Crippen molar-refractivity contribution in [3.63, 3.8) is 0 Å². The fourth-order valence-electron chi connectivity index (χ4n) is 6.50. The van der Waals surface area contributed by atoms with Gasteiger partial charge in [-0.2, -0.15) is 5.26 Å². The fraction of sp³-hybridized carbons (Fsp3) is 0.103. The van der Waals surface area contributed by atoms with Gasteiger partial charge in [0.15, 0.2) is 11.6 Å². The first-order chi connectivity index (χ1) is 32.2. The van der Waals surface area contributed by atoms with Gasteiger partial charge >= 0.3 is 0 Å². The molecule has 0 unspecified atom stereocenters. The number of nitrogens with zero attached hydrogens (tertiary/aromatic N) is 4. The van der Waals surface area contributed by atoms with E-state index in [1.54, 1.807) is 24.3 Å². The first-order valence-electron chi connectivity index (χ1n) is 21.1. The average molecular weight is 1460 g/mol. The molecule has 3 radical (unpaired) electrons. The Bertz CT molecular complexity index is 3230. The van der Waals surface area contributed by atoms with Crippen LogP contribution in [0.5, 0.6) is 0 Å². The summed E-state index contributed by atoms with van der Waals surface area (Å²) in [7, 11) is 0. The summed E-state index contributed by atoms with van der Waals surface area (Å²) in [5.74, 6) is -0.435. The number of rotatable bonds is 5. The third-order valence-electron chi connectivity index (χ3n) is 9.42. The minimum absolute atomic E-state index is 0. The van der Waals surface area contributed by atoms with Crippen LogP contribution in [0.3, 0.4) is 0 Å². The molecule has 361 valence electrons. The number of pyridine rings is 3. The summed E-state index contributed by atoms with van der Waals surface area (Å²) >= 11 is 0. The maximum atomic E-state index is 13.2.